The van der Waals surface area contributed by atoms with Crippen LogP contribution in [0.2, 0.25) is 0 Å². The highest BCUT2D eigenvalue weighted by Gasteiger charge is 2.32. The molecule has 88 valence electrons. The molecule has 17 heavy (non-hydrogen) atoms. The van der Waals surface area contributed by atoms with Crippen molar-refractivity contribution in [2.75, 3.05) is 13.7 Å². The van der Waals surface area contributed by atoms with Crippen molar-refractivity contribution in [1.82, 2.24) is 0 Å². The second kappa shape index (κ2) is 4.29. The van der Waals surface area contributed by atoms with Crippen LogP contribution in [-0.4, -0.2) is 30.6 Å². The predicted molar refractivity (Wildman–Crippen MR) is 58.5 cm³/mol. The number of methoxy groups -OCH3 is 1. The summed E-state index contributed by atoms with van der Waals surface area (Å²) >= 11 is 0. The molecule has 0 aromatic heterocycles. The van der Waals surface area contributed by atoms with Gasteiger partial charge in [-0.15, -0.1) is 0 Å². The zero-order chi connectivity index (χ0) is 12.4. The lowest BCUT2D eigenvalue weighted by molar-refractivity contribution is -0.146. The van der Waals surface area contributed by atoms with Crippen molar-refractivity contribution in [2.24, 2.45) is 0 Å². The molecular weight excluding hydrogens is 224 g/mol. The zero-order valence-electron chi connectivity index (χ0n) is 9.10. The van der Waals surface area contributed by atoms with E-state index < -0.39 is 11.8 Å². The number of ether oxygens (including phenoxy) is 2. The van der Waals surface area contributed by atoms with Crippen LogP contribution in [0.1, 0.15) is 5.56 Å². The molecule has 0 unspecified atom stereocenters. The van der Waals surface area contributed by atoms with Gasteiger partial charge in [0, 0.05) is 5.56 Å². The first-order valence-corrected chi connectivity index (χ1v) is 4.91. The van der Waals surface area contributed by atoms with Crippen LogP contribution in [-0.2, 0) is 14.3 Å². The number of benzene rings is 1. The van der Waals surface area contributed by atoms with Crippen LogP contribution < -0.4 is 4.74 Å². The molecule has 5 heteroatoms. The van der Waals surface area contributed by atoms with Gasteiger partial charge in [0.05, 0.1) is 12.7 Å². The Morgan fingerprint density at radius 3 is 2.76 bits per heavy atom. The maximum atomic E-state index is 11.4. The lowest BCUT2D eigenvalue weighted by atomic mass is 10.1. The minimum absolute atomic E-state index is 0.0248. The van der Waals surface area contributed by atoms with Crippen molar-refractivity contribution in [3.63, 3.8) is 0 Å². The number of hydrogen-bond acceptors (Lipinski definition) is 5. The molecule has 1 aliphatic heterocycles. The van der Waals surface area contributed by atoms with E-state index in [1.54, 1.807) is 24.3 Å². The molecule has 1 aliphatic rings. The summed E-state index contributed by atoms with van der Waals surface area (Å²) in [5, 5.41) is 9.90. The van der Waals surface area contributed by atoms with Gasteiger partial charge in [-0.3, -0.25) is 4.79 Å². The van der Waals surface area contributed by atoms with Crippen LogP contribution in [0, 0.1) is 0 Å². The topological polar surface area (TPSA) is 72.8 Å². The van der Waals surface area contributed by atoms with E-state index >= 15 is 0 Å². The van der Waals surface area contributed by atoms with E-state index in [2.05, 4.69) is 4.74 Å². The van der Waals surface area contributed by atoms with Gasteiger partial charge in [0.15, 0.2) is 0 Å². The Labute approximate surface area is 97.3 Å². The fourth-order valence-corrected chi connectivity index (χ4v) is 1.51. The maximum Gasteiger partial charge on any atom is 0.379 e. The first kappa shape index (κ1) is 11.2. The lowest BCUT2D eigenvalue weighted by Gasteiger charge is -2.04. The molecule has 1 aromatic carbocycles. The highest BCUT2D eigenvalue weighted by molar-refractivity contribution is 6.43. The van der Waals surface area contributed by atoms with E-state index in [1.165, 1.54) is 7.11 Å². The van der Waals surface area contributed by atoms with Gasteiger partial charge in [-0.25, -0.2) is 4.79 Å². The number of carbonyl (C=O) groups excluding carboxylic acids is 2. The van der Waals surface area contributed by atoms with Gasteiger partial charge in [-0.2, -0.15) is 0 Å². The predicted octanol–water partition coefficient (Wildman–Crippen LogP) is 1.09. The van der Waals surface area contributed by atoms with Crippen molar-refractivity contribution in [2.45, 2.75) is 0 Å². The smallest absolute Gasteiger partial charge is 0.379 e. The normalized spacial score (nSPS) is 17.9. The Morgan fingerprint density at radius 2 is 2.18 bits per heavy atom. The lowest BCUT2D eigenvalue weighted by Crippen LogP contribution is -2.08. The van der Waals surface area contributed by atoms with Gasteiger partial charge in [0.2, 0.25) is 0 Å². The number of ketones is 1. The van der Waals surface area contributed by atoms with E-state index in [4.69, 9.17) is 4.74 Å². The number of esters is 1. The molecule has 1 aromatic rings. The monoisotopic (exact) mass is 234 g/mol. The first-order valence-electron chi connectivity index (χ1n) is 4.91. The molecule has 1 heterocycles. The molecule has 5 nitrogen and oxygen atoms in total. The van der Waals surface area contributed by atoms with Crippen LogP contribution in [0.3, 0.4) is 0 Å². The van der Waals surface area contributed by atoms with Crippen LogP contribution in [0.4, 0.5) is 0 Å². The van der Waals surface area contributed by atoms with Crippen molar-refractivity contribution >= 4 is 17.5 Å². The Hall–Kier alpha value is -2.30. The zero-order valence-corrected chi connectivity index (χ0v) is 9.10. The standard InChI is InChI=1S/C12H10O5/c1-16-8-4-2-3-7(5-8)10(13)9-6-17-12(15)11(9)14/h2-5,13H,6H2,1H3/b10-9-. The van der Waals surface area contributed by atoms with Crippen LogP contribution in [0.5, 0.6) is 5.75 Å². The summed E-state index contributed by atoms with van der Waals surface area (Å²) in [7, 11) is 1.50. The van der Waals surface area contributed by atoms with E-state index in [9.17, 15) is 14.7 Å². The third kappa shape index (κ3) is 1.99. The maximum absolute atomic E-state index is 11.4. The van der Waals surface area contributed by atoms with Gasteiger partial charge >= 0.3 is 5.97 Å². The molecule has 0 bridgehead atoms. The third-order valence-corrected chi connectivity index (χ3v) is 2.44. The Kier molecular flexibility index (Phi) is 2.82. The molecule has 0 saturated carbocycles. The summed E-state index contributed by atoms with van der Waals surface area (Å²) in [6, 6.07) is 6.56. The van der Waals surface area contributed by atoms with Gasteiger partial charge in [0.1, 0.15) is 18.1 Å². The van der Waals surface area contributed by atoms with E-state index in [-0.39, 0.29) is 17.9 Å². The van der Waals surface area contributed by atoms with Crippen LogP contribution in [0.15, 0.2) is 29.8 Å². The average Bonchev–Trinajstić information content (AvgIpc) is 2.69. The summed E-state index contributed by atoms with van der Waals surface area (Å²) < 4.78 is 9.54. The number of aliphatic hydroxyl groups excluding tert-OH is 1. The highest BCUT2D eigenvalue weighted by Crippen LogP contribution is 2.23. The number of aliphatic hydroxyl groups is 1. The van der Waals surface area contributed by atoms with Crippen LogP contribution >= 0.6 is 0 Å². The van der Waals surface area contributed by atoms with Crippen molar-refractivity contribution in [1.29, 1.82) is 0 Å². The Balaban J connectivity index is 2.42. The number of hydrogen-bond donors (Lipinski definition) is 1. The SMILES string of the molecule is COc1cccc(/C(O)=C2\COC(=O)C2=O)c1. The second-order valence-corrected chi connectivity index (χ2v) is 3.46. The molecule has 1 saturated heterocycles. The summed E-state index contributed by atoms with van der Waals surface area (Å²) in [6.45, 7) is -0.194. The third-order valence-electron chi connectivity index (χ3n) is 2.44. The Morgan fingerprint density at radius 1 is 1.41 bits per heavy atom. The Bertz CT molecular complexity index is 515. The fourth-order valence-electron chi connectivity index (χ4n) is 1.51. The molecule has 2 rings (SSSR count). The van der Waals surface area contributed by atoms with Gasteiger partial charge in [-0.1, -0.05) is 12.1 Å². The fraction of sp³-hybridized carbons (Fsp3) is 0.167. The number of carbonyl (C=O) groups is 2. The van der Waals surface area contributed by atoms with E-state index in [0.29, 0.717) is 11.3 Å². The molecule has 0 radical (unpaired) electrons. The number of rotatable bonds is 2. The summed E-state index contributed by atoms with van der Waals surface area (Å²) in [5.74, 6) is -1.44. The average molecular weight is 234 g/mol. The summed E-state index contributed by atoms with van der Waals surface area (Å²) in [6.07, 6.45) is 0. The molecule has 0 aliphatic carbocycles. The number of Topliss-reactive ketones (excluding diaryl/α,β-unsaturated/α-hetero) is 1. The van der Waals surface area contributed by atoms with Gasteiger partial charge < -0.3 is 14.6 Å². The number of cyclic esters (lactones) is 1. The quantitative estimate of drug-likeness (QED) is 0.359. The molecule has 0 atom stereocenters. The van der Waals surface area contributed by atoms with Crippen molar-refractivity contribution < 1.29 is 24.2 Å². The molecule has 0 amide bonds. The highest BCUT2D eigenvalue weighted by atomic mass is 16.5. The molecule has 1 fully saturated rings. The van der Waals surface area contributed by atoms with Gasteiger partial charge in [0.25, 0.3) is 5.78 Å². The minimum Gasteiger partial charge on any atom is -0.507 e. The second-order valence-electron chi connectivity index (χ2n) is 3.46. The van der Waals surface area contributed by atoms with Crippen molar-refractivity contribution in [3.8, 4) is 5.75 Å². The molecule has 1 N–H and O–H groups in total. The van der Waals surface area contributed by atoms with E-state index in [1.807, 2.05) is 0 Å². The van der Waals surface area contributed by atoms with Crippen LogP contribution in [0.25, 0.3) is 5.76 Å². The summed E-state index contributed by atoms with van der Waals surface area (Å²) in [4.78, 5) is 22.3. The van der Waals surface area contributed by atoms with Gasteiger partial charge in [-0.05, 0) is 12.1 Å². The van der Waals surface area contributed by atoms with E-state index in [0.717, 1.165) is 0 Å². The molecular formula is C12H10O5. The molecule has 0 spiro atoms. The first-order chi connectivity index (χ1) is 8.13. The minimum atomic E-state index is -0.936. The summed E-state index contributed by atoms with van der Waals surface area (Å²) in [5.41, 5.74) is 0.384. The largest absolute Gasteiger partial charge is 0.507 e. The van der Waals surface area contributed by atoms with Crippen molar-refractivity contribution in [3.05, 3.63) is 35.4 Å².